The van der Waals surface area contributed by atoms with Gasteiger partial charge in [0.05, 0.1) is 21.4 Å². The zero-order valence-corrected chi connectivity index (χ0v) is 10.8. The first-order valence-electron chi connectivity index (χ1n) is 5.55. The Morgan fingerprint density at radius 2 is 1.94 bits per heavy atom. The molecule has 0 aliphatic heterocycles. The van der Waals surface area contributed by atoms with Crippen molar-refractivity contribution >= 4 is 34.6 Å². The van der Waals surface area contributed by atoms with E-state index in [1.165, 1.54) is 19.3 Å². The fourth-order valence-corrected chi connectivity index (χ4v) is 2.17. The first kappa shape index (κ1) is 11.9. The van der Waals surface area contributed by atoms with Crippen molar-refractivity contribution in [2.75, 3.05) is 17.6 Å². The molecule has 0 saturated heterocycles. The van der Waals surface area contributed by atoms with E-state index in [-0.39, 0.29) is 0 Å². The van der Waals surface area contributed by atoms with Crippen molar-refractivity contribution in [1.82, 2.24) is 0 Å². The van der Waals surface area contributed by atoms with Crippen LogP contribution in [0.3, 0.4) is 0 Å². The number of nitrogen functional groups attached to an aromatic ring is 1. The lowest BCUT2D eigenvalue weighted by molar-refractivity contribution is 0.521. The van der Waals surface area contributed by atoms with Gasteiger partial charge >= 0.3 is 0 Å². The van der Waals surface area contributed by atoms with E-state index in [0.29, 0.717) is 21.1 Å². The first-order chi connectivity index (χ1) is 7.56. The Kier molecular flexibility index (Phi) is 3.22. The monoisotopic (exact) mass is 258 g/mol. The molecule has 1 aliphatic rings. The summed E-state index contributed by atoms with van der Waals surface area (Å²) in [6.45, 7) is 3.19. The quantitative estimate of drug-likeness (QED) is 0.796. The molecule has 0 heterocycles. The minimum atomic E-state index is 0.485. The van der Waals surface area contributed by atoms with Crippen LogP contribution >= 0.6 is 23.2 Å². The van der Waals surface area contributed by atoms with Crippen molar-refractivity contribution in [1.29, 1.82) is 0 Å². The number of hydrogen-bond donors (Lipinski definition) is 2. The summed E-state index contributed by atoms with van der Waals surface area (Å²) in [5.41, 5.74) is 7.90. The minimum absolute atomic E-state index is 0.485. The number of halogens is 2. The highest BCUT2D eigenvalue weighted by Gasteiger charge is 2.40. The maximum Gasteiger partial charge on any atom is 0.0614 e. The van der Waals surface area contributed by atoms with Gasteiger partial charge in [-0.2, -0.15) is 0 Å². The Morgan fingerprint density at radius 1 is 1.31 bits per heavy atom. The highest BCUT2D eigenvalue weighted by atomic mass is 35.5. The second kappa shape index (κ2) is 4.34. The Labute approximate surface area is 106 Å². The normalized spacial score (nSPS) is 17.2. The maximum absolute atomic E-state index is 5.96. The van der Waals surface area contributed by atoms with E-state index in [0.717, 1.165) is 12.2 Å². The van der Waals surface area contributed by atoms with Gasteiger partial charge in [0.25, 0.3) is 0 Å². The van der Waals surface area contributed by atoms with Crippen LogP contribution in [-0.4, -0.2) is 6.54 Å². The van der Waals surface area contributed by atoms with Crippen LogP contribution in [0.25, 0.3) is 0 Å². The molecule has 3 N–H and O–H groups in total. The summed E-state index contributed by atoms with van der Waals surface area (Å²) < 4.78 is 0. The molecule has 2 rings (SSSR count). The van der Waals surface area contributed by atoms with Crippen LogP contribution in [0.2, 0.25) is 10.0 Å². The van der Waals surface area contributed by atoms with Crippen molar-refractivity contribution in [2.45, 2.75) is 26.2 Å². The summed E-state index contributed by atoms with van der Waals surface area (Å²) in [4.78, 5) is 0. The molecule has 0 spiro atoms. The molecule has 0 amide bonds. The van der Waals surface area contributed by atoms with E-state index < -0.39 is 0 Å². The number of nitrogens with one attached hydrogen (secondary N) is 1. The van der Waals surface area contributed by atoms with Crippen LogP contribution in [-0.2, 0) is 0 Å². The van der Waals surface area contributed by atoms with E-state index in [1.54, 1.807) is 12.1 Å². The third-order valence-electron chi connectivity index (χ3n) is 3.45. The predicted octanol–water partition coefficient (Wildman–Crippen LogP) is 4.18. The van der Waals surface area contributed by atoms with Crippen LogP contribution in [0.1, 0.15) is 26.2 Å². The molecule has 88 valence electrons. The van der Waals surface area contributed by atoms with Crippen molar-refractivity contribution in [3.8, 4) is 0 Å². The summed E-state index contributed by atoms with van der Waals surface area (Å²) in [5, 5.41) is 4.41. The Bertz CT molecular complexity index is 400. The van der Waals surface area contributed by atoms with Crippen LogP contribution < -0.4 is 11.1 Å². The smallest absolute Gasteiger partial charge is 0.0614 e. The molecule has 1 saturated carbocycles. The van der Waals surface area contributed by atoms with Crippen molar-refractivity contribution in [3.63, 3.8) is 0 Å². The number of benzene rings is 1. The Hall–Kier alpha value is -0.600. The van der Waals surface area contributed by atoms with Crippen molar-refractivity contribution in [3.05, 3.63) is 22.2 Å². The molecule has 16 heavy (non-hydrogen) atoms. The average Bonchev–Trinajstić information content (AvgIpc) is 3.02. The van der Waals surface area contributed by atoms with E-state index in [4.69, 9.17) is 28.9 Å². The lowest BCUT2D eigenvalue weighted by Crippen LogP contribution is -2.15. The lowest BCUT2D eigenvalue weighted by Gasteiger charge is -2.16. The van der Waals surface area contributed by atoms with E-state index in [1.807, 2.05) is 0 Å². The van der Waals surface area contributed by atoms with Crippen LogP contribution in [0.15, 0.2) is 12.1 Å². The molecule has 0 atom stereocenters. The summed E-state index contributed by atoms with van der Waals surface area (Å²) in [5.74, 6) is 0. The molecule has 2 nitrogen and oxygen atoms in total. The molecule has 0 unspecified atom stereocenters. The zero-order valence-electron chi connectivity index (χ0n) is 9.32. The molecule has 1 aromatic rings. The van der Waals surface area contributed by atoms with E-state index in [9.17, 15) is 0 Å². The zero-order chi connectivity index (χ0) is 11.8. The number of hydrogen-bond acceptors (Lipinski definition) is 2. The molecule has 1 aliphatic carbocycles. The molecule has 1 aromatic carbocycles. The van der Waals surface area contributed by atoms with Crippen molar-refractivity contribution in [2.24, 2.45) is 5.41 Å². The number of nitrogens with two attached hydrogens (primary N) is 1. The van der Waals surface area contributed by atoms with Gasteiger partial charge < -0.3 is 11.1 Å². The average molecular weight is 259 g/mol. The van der Waals surface area contributed by atoms with Crippen LogP contribution in [0, 0.1) is 5.41 Å². The Morgan fingerprint density at radius 3 is 2.50 bits per heavy atom. The molecule has 0 bridgehead atoms. The fourth-order valence-electron chi connectivity index (χ4n) is 1.83. The summed E-state index contributed by atoms with van der Waals surface area (Å²) in [6, 6.07) is 3.49. The van der Waals surface area contributed by atoms with Gasteiger partial charge in [0.15, 0.2) is 0 Å². The fraction of sp³-hybridized carbons (Fsp3) is 0.500. The van der Waals surface area contributed by atoms with E-state index in [2.05, 4.69) is 12.2 Å². The van der Waals surface area contributed by atoms with Gasteiger partial charge in [-0.1, -0.05) is 30.1 Å². The van der Waals surface area contributed by atoms with Gasteiger partial charge in [-0.15, -0.1) is 0 Å². The highest BCUT2D eigenvalue weighted by Crippen LogP contribution is 2.48. The predicted molar refractivity (Wildman–Crippen MR) is 71.3 cm³/mol. The van der Waals surface area contributed by atoms with Crippen LogP contribution in [0.4, 0.5) is 11.4 Å². The maximum atomic E-state index is 5.96. The molecular weight excluding hydrogens is 243 g/mol. The summed E-state index contributed by atoms with van der Waals surface area (Å²) >= 11 is 11.8. The van der Waals surface area contributed by atoms with E-state index >= 15 is 0 Å². The van der Waals surface area contributed by atoms with Crippen LogP contribution in [0.5, 0.6) is 0 Å². The third kappa shape index (κ3) is 2.38. The summed E-state index contributed by atoms with van der Waals surface area (Å²) in [6.07, 6.45) is 3.82. The molecule has 0 aromatic heterocycles. The first-order valence-corrected chi connectivity index (χ1v) is 6.30. The lowest BCUT2D eigenvalue weighted by atomic mass is 10.0. The molecule has 0 radical (unpaired) electrons. The van der Waals surface area contributed by atoms with Gasteiger partial charge in [-0.25, -0.2) is 0 Å². The number of anilines is 2. The van der Waals surface area contributed by atoms with Crippen molar-refractivity contribution < 1.29 is 0 Å². The second-order valence-electron chi connectivity index (χ2n) is 4.56. The van der Waals surface area contributed by atoms with Gasteiger partial charge in [0.2, 0.25) is 0 Å². The third-order valence-corrected chi connectivity index (χ3v) is 4.18. The molecular formula is C12H16Cl2N2. The van der Waals surface area contributed by atoms with Gasteiger partial charge in [-0.3, -0.25) is 0 Å². The van der Waals surface area contributed by atoms with Gasteiger partial charge in [0.1, 0.15) is 0 Å². The largest absolute Gasteiger partial charge is 0.397 e. The molecule has 4 heteroatoms. The Balaban J connectivity index is 2.07. The topological polar surface area (TPSA) is 38.0 Å². The molecule has 1 fully saturated rings. The van der Waals surface area contributed by atoms with Gasteiger partial charge in [0, 0.05) is 6.54 Å². The minimum Gasteiger partial charge on any atom is -0.397 e. The highest BCUT2D eigenvalue weighted by molar-refractivity contribution is 6.42. The number of rotatable bonds is 4. The standard InChI is InChI=1S/C12H16Cl2N2/c1-2-12(3-4-12)7-16-11-6-9(14)8(13)5-10(11)15/h5-6,16H,2-4,7,15H2,1H3. The van der Waals surface area contributed by atoms with Gasteiger partial charge in [-0.05, 0) is 36.8 Å². The SMILES string of the molecule is CCC1(CNc2cc(Cl)c(Cl)cc2N)CC1. The second-order valence-corrected chi connectivity index (χ2v) is 5.38. The summed E-state index contributed by atoms with van der Waals surface area (Å²) in [7, 11) is 0.